The molecule has 68 valence electrons. The van der Waals surface area contributed by atoms with E-state index < -0.39 is 5.82 Å². The van der Waals surface area contributed by atoms with Gasteiger partial charge in [0.15, 0.2) is 0 Å². The molecular formula is C9H14O3. The predicted molar refractivity (Wildman–Crippen MR) is 45.1 cm³/mol. The summed E-state index contributed by atoms with van der Waals surface area (Å²) in [6.07, 6.45) is 6.92. The molecule has 0 saturated heterocycles. The van der Waals surface area contributed by atoms with Crippen molar-refractivity contribution in [2.75, 3.05) is 0 Å². The molecule has 3 heteroatoms. The molecule has 0 atom stereocenters. The Morgan fingerprint density at radius 2 is 2.17 bits per heavy atom. The summed E-state index contributed by atoms with van der Waals surface area (Å²) in [4.78, 5) is 10.4. The Morgan fingerprint density at radius 1 is 1.33 bits per heavy atom. The van der Waals surface area contributed by atoms with Crippen LogP contribution in [0, 0.1) is 0 Å². The molecule has 0 fully saturated rings. The molecule has 3 nitrogen and oxygen atoms in total. The first kappa shape index (κ1) is 9.10. The summed E-state index contributed by atoms with van der Waals surface area (Å²) in [7, 11) is 0. The van der Waals surface area contributed by atoms with Gasteiger partial charge in [0.2, 0.25) is 0 Å². The van der Waals surface area contributed by atoms with Gasteiger partial charge in [-0.1, -0.05) is 26.2 Å². The van der Waals surface area contributed by atoms with E-state index in [2.05, 4.69) is 11.3 Å². The van der Waals surface area contributed by atoms with Gasteiger partial charge < -0.3 is 8.83 Å². The minimum atomic E-state index is -0.597. The fourth-order valence-electron chi connectivity index (χ4n) is 1.10. The van der Waals surface area contributed by atoms with Crippen LogP contribution in [-0.2, 0) is 6.42 Å². The zero-order valence-electron chi connectivity index (χ0n) is 7.34. The third kappa shape index (κ3) is 2.95. The number of hydrogen-bond acceptors (Lipinski definition) is 3. The lowest BCUT2D eigenvalue weighted by Gasteiger charge is -1.94. The molecule has 0 aliphatic carbocycles. The normalized spacial score (nSPS) is 10.4. The maximum atomic E-state index is 10.4. The Bertz CT molecular complexity index is 259. The monoisotopic (exact) mass is 170 g/mol. The lowest BCUT2D eigenvalue weighted by molar-refractivity contribution is 0.372. The van der Waals surface area contributed by atoms with Gasteiger partial charge in [0.25, 0.3) is 0 Å². The second-order valence-electron chi connectivity index (χ2n) is 2.86. The van der Waals surface area contributed by atoms with Gasteiger partial charge in [0.05, 0.1) is 0 Å². The van der Waals surface area contributed by atoms with Crippen LogP contribution in [0.25, 0.3) is 0 Å². The van der Waals surface area contributed by atoms with Crippen LogP contribution in [0.5, 0.6) is 0 Å². The minimum absolute atomic E-state index is 0.597. The Labute approximate surface area is 71.4 Å². The maximum Gasteiger partial charge on any atom is 0.518 e. The van der Waals surface area contributed by atoms with Crippen LogP contribution in [0.2, 0.25) is 0 Å². The van der Waals surface area contributed by atoms with Crippen LogP contribution in [-0.4, -0.2) is 0 Å². The summed E-state index contributed by atoms with van der Waals surface area (Å²) in [5.74, 6) is 0.0663. The summed E-state index contributed by atoms with van der Waals surface area (Å²) < 4.78 is 9.24. The Hall–Kier alpha value is -0.990. The Kier molecular flexibility index (Phi) is 3.64. The highest BCUT2D eigenvalue weighted by Crippen LogP contribution is 2.05. The quantitative estimate of drug-likeness (QED) is 0.637. The van der Waals surface area contributed by atoms with E-state index in [1.54, 1.807) is 0 Å². The first-order valence-electron chi connectivity index (χ1n) is 4.40. The van der Waals surface area contributed by atoms with E-state index in [4.69, 9.17) is 4.42 Å². The number of aryl methyl sites for hydroxylation is 1. The van der Waals surface area contributed by atoms with Crippen LogP contribution in [0.1, 0.15) is 38.4 Å². The molecule has 0 radical (unpaired) electrons. The molecule has 0 aromatic carbocycles. The van der Waals surface area contributed by atoms with E-state index in [-0.39, 0.29) is 0 Å². The third-order valence-corrected chi connectivity index (χ3v) is 1.78. The van der Waals surface area contributed by atoms with E-state index in [0.29, 0.717) is 5.76 Å². The highest BCUT2D eigenvalue weighted by Gasteiger charge is 1.99. The van der Waals surface area contributed by atoms with Crippen molar-refractivity contribution in [2.24, 2.45) is 0 Å². The summed E-state index contributed by atoms with van der Waals surface area (Å²) in [6.45, 7) is 2.16. The molecule has 0 bridgehead atoms. The summed E-state index contributed by atoms with van der Waals surface area (Å²) >= 11 is 0. The van der Waals surface area contributed by atoms with Crippen molar-refractivity contribution in [1.29, 1.82) is 0 Å². The van der Waals surface area contributed by atoms with E-state index in [1.807, 2.05) is 0 Å². The predicted octanol–water partition coefficient (Wildman–Crippen LogP) is 2.36. The van der Waals surface area contributed by atoms with Crippen molar-refractivity contribution in [3.05, 3.63) is 22.6 Å². The average Bonchev–Trinajstić information content (AvgIpc) is 2.45. The fourth-order valence-corrected chi connectivity index (χ4v) is 1.10. The molecule has 1 heterocycles. The molecule has 1 rings (SSSR count). The number of rotatable bonds is 5. The van der Waals surface area contributed by atoms with Gasteiger partial charge in [0, 0.05) is 6.42 Å². The standard InChI is InChI=1S/C9H14O3/c1-2-3-4-5-6-8-7-11-9(10)12-8/h7H,2-6H2,1H3. The number of unbranched alkanes of at least 4 members (excludes halogenated alkanes) is 3. The lowest BCUT2D eigenvalue weighted by atomic mass is 10.1. The zero-order valence-corrected chi connectivity index (χ0v) is 7.34. The van der Waals surface area contributed by atoms with Crippen molar-refractivity contribution in [3.63, 3.8) is 0 Å². The average molecular weight is 170 g/mol. The van der Waals surface area contributed by atoms with Gasteiger partial charge in [-0.3, -0.25) is 0 Å². The van der Waals surface area contributed by atoms with Crippen molar-refractivity contribution in [2.45, 2.75) is 39.0 Å². The molecule has 0 amide bonds. The van der Waals surface area contributed by atoms with Gasteiger partial charge in [0.1, 0.15) is 12.0 Å². The van der Waals surface area contributed by atoms with E-state index >= 15 is 0 Å². The SMILES string of the molecule is CCCCCCc1coc(=O)o1. The second kappa shape index (κ2) is 4.80. The van der Waals surface area contributed by atoms with E-state index in [0.717, 1.165) is 12.8 Å². The second-order valence-corrected chi connectivity index (χ2v) is 2.86. The molecule has 0 saturated carbocycles. The van der Waals surface area contributed by atoms with Gasteiger partial charge in [-0.05, 0) is 6.42 Å². The Morgan fingerprint density at radius 3 is 2.75 bits per heavy atom. The fraction of sp³-hybridized carbons (Fsp3) is 0.667. The largest absolute Gasteiger partial charge is 0.518 e. The van der Waals surface area contributed by atoms with Crippen LogP contribution < -0.4 is 5.82 Å². The summed E-state index contributed by atoms with van der Waals surface area (Å²) in [6, 6.07) is 0. The summed E-state index contributed by atoms with van der Waals surface area (Å²) in [5.41, 5.74) is 0. The Balaban J connectivity index is 2.20. The first-order chi connectivity index (χ1) is 5.83. The van der Waals surface area contributed by atoms with Gasteiger partial charge in [-0.15, -0.1) is 0 Å². The van der Waals surface area contributed by atoms with Crippen molar-refractivity contribution in [3.8, 4) is 0 Å². The van der Waals surface area contributed by atoms with Gasteiger partial charge in [-0.25, -0.2) is 4.79 Å². The molecule has 12 heavy (non-hydrogen) atoms. The van der Waals surface area contributed by atoms with Gasteiger partial charge >= 0.3 is 5.82 Å². The molecule has 0 aliphatic heterocycles. The van der Waals surface area contributed by atoms with Crippen molar-refractivity contribution < 1.29 is 8.83 Å². The van der Waals surface area contributed by atoms with E-state index in [1.165, 1.54) is 25.5 Å². The molecule has 1 aromatic rings. The highest BCUT2D eigenvalue weighted by atomic mass is 16.6. The van der Waals surface area contributed by atoms with Crippen LogP contribution in [0.15, 0.2) is 19.9 Å². The highest BCUT2D eigenvalue weighted by molar-refractivity contribution is 4.84. The van der Waals surface area contributed by atoms with Gasteiger partial charge in [-0.2, -0.15) is 0 Å². The molecule has 0 N–H and O–H groups in total. The topological polar surface area (TPSA) is 43.4 Å². The molecule has 0 unspecified atom stereocenters. The van der Waals surface area contributed by atoms with Crippen LogP contribution >= 0.6 is 0 Å². The zero-order chi connectivity index (χ0) is 8.81. The number of hydrogen-bond donors (Lipinski definition) is 0. The van der Waals surface area contributed by atoms with Crippen LogP contribution in [0.3, 0.4) is 0 Å². The molecule has 0 aliphatic rings. The molecule has 0 spiro atoms. The van der Waals surface area contributed by atoms with Crippen LogP contribution in [0.4, 0.5) is 0 Å². The van der Waals surface area contributed by atoms with Crippen molar-refractivity contribution >= 4 is 0 Å². The van der Waals surface area contributed by atoms with Crippen molar-refractivity contribution in [1.82, 2.24) is 0 Å². The summed E-state index contributed by atoms with van der Waals surface area (Å²) in [5, 5.41) is 0. The minimum Gasteiger partial charge on any atom is -0.399 e. The lowest BCUT2D eigenvalue weighted by Crippen LogP contribution is -1.87. The first-order valence-corrected chi connectivity index (χ1v) is 4.40. The molecular weight excluding hydrogens is 156 g/mol. The third-order valence-electron chi connectivity index (χ3n) is 1.78. The maximum absolute atomic E-state index is 10.4. The molecule has 1 aromatic heterocycles. The smallest absolute Gasteiger partial charge is 0.399 e. The van der Waals surface area contributed by atoms with E-state index in [9.17, 15) is 4.79 Å².